The van der Waals surface area contributed by atoms with E-state index in [9.17, 15) is 9.59 Å². The number of ether oxygens (including phenoxy) is 1. The maximum Gasteiger partial charge on any atom is 0.410 e. The molecule has 1 atom stereocenters. The van der Waals surface area contributed by atoms with Gasteiger partial charge in [0.2, 0.25) is 5.91 Å². The fourth-order valence-electron chi connectivity index (χ4n) is 4.32. The van der Waals surface area contributed by atoms with Crippen LogP contribution in [-0.2, 0) is 9.53 Å². The van der Waals surface area contributed by atoms with Crippen LogP contribution in [0.15, 0.2) is 41.8 Å². The number of carbonyl (C=O) groups excluding carboxylic acids is 2. The number of nitrogens with zero attached hydrogens (tertiary/aromatic N) is 5. The van der Waals surface area contributed by atoms with Gasteiger partial charge >= 0.3 is 6.09 Å². The topological polar surface area (TPSA) is 88.5 Å². The van der Waals surface area contributed by atoms with Crippen molar-refractivity contribution in [2.75, 3.05) is 25.4 Å². The van der Waals surface area contributed by atoms with Crippen LogP contribution in [0.3, 0.4) is 0 Å². The van der Waals surface area contributed by atoms with Gasteiger partial charge in [0, 0.05) is 31.5 Å². The van der Waals surface area contributed by atoms with Crippen LogP contribution in [0.2, 0.25) is 0 Å². The summed E-state index contributed by atoms with van der Waals surface area (Å²) in [5, 5.41) is 0.563. The SMILES string of the molecule is CC(C)CC1COC(=O)N1C1CCN(C(=O)CSc2nccc(-c3ccccn3)n2)CC1. The van der Waals surface area contributed by atoms with Gasteiger partial charge in [0.1, 0.15) is 6.61 Å². The second-order valence-electron chi connectivity index (χ2n) is 8.61. The Morgan fingerprint density at radius 1 is 1.16 bits per heavy atom. The third-order valence-corrected chi connectivity index (χ3v) is 6.69. The van der Waals surface area contributed by atoms with Crippen molar-refractivity contribution in [3.8, 4) is 11.4 Å². The summed E-state index contributed by atoms with van der Waals surface area (Å²) in [5.74, 6) is 0.870. The molecule has 4 rings (SSSR count). The number of likely N-dealkylation sites (tertiary alicyclic amines) is 1. The Kier molecular flexibility index (Phi) is 7.24. The standard InChI is InChI=1S/C23H29N5O3S/c1-16(2)13-18-14-31-23(30)28(18)17-7-11-27(12-8-17)21(29)15-32-22-25-10-6-20(26-22)19-5-3-4-9-24-19/h3-6,9-10,16-18H,7-8,11-15H2,1-2H3. The summed E-state index contributed by atoms with van der Waals surface area (Å²) in [6.45, 7) is 6.10. The Hall–Kier alpha value is -2.68. The van der Waals surface area contributed by atoms with Gasteiger partial charge in [0.15, 0.2) is 5.16 Å². The van der Waals surface area contributed by atoms with Crippen LogP contribution < -0.4 is 0 Å². The van der Waals surface area contributed by atoms with Gasteiger partial charge in [-0.15, -0.1) is 0 Å². The van der Waals surface area contributed by atoms with Crippen molar-refractivity contribution in [2.45, 2.75) is 50.4 Å². The second kappa shape index (κ2) is 10.3. The zero-order valence-corrected chi connectivity index (χ0v) is 19.3. The van der Waals surface area contributed by atoms with Crippen LogP contribution in [0.1, 0.15) is 33.1 Å². The molecule has 9 heteroatoms. The van der Waals surface area contributed by atoms with E-state index in [1.807, 2.05) is 34.1 Å². The minimum Gasteiger partial charge on any atom is -0.447 e. The zero-order chi connectivity index (χ0) is 22.5. The predicted molar refractivity (Wildman–Crippen MR) is 122 cm³/mol. The smallest absolute Gasteiger partial charge is 0.410 e. The van der Waals surface area contributed by atoms with Crippen molar-refractivity contribution < 1.29 is 14.3 Å². The van der Waals surface area contributed by atoms with Crippen molar-refractivity contribution in [1.82, 2.24) is 24.8 Å². The predicted octanol–water partition coefficient (Wildman–Crippen LogP) is 3.49. The first kappa shape index (κ1) is 22.5. The van der Waals surface area contributed by atoms with Crippen molar-refractivity contribution >= 4 is 23.8 Å². The third kappa shape index (κ3) is 5.38. The fourth-order valence-corrected chi connectivity index (χ4v) is 5.06. The number of aromatic nitrogens is 3. The Labute approximate surface area is 192 Å². The first-order chi connectivity index (χ1) is 15.5. The Morgan fingerprint density at radius 3 is 2.69 bits per heavy atom. The lowest BCUT2D eigenvalue weighted by molar-refractivity contribution is -0.129. The molecule has 2 aliphatic heterocycles. The third-order valence-electron chi connectivity index (χ3n) is 5.84. The van der Waals surface area contributed by atoms with Gasteiger partial charge in [-0.25, -0.2) is 14.8 Å². The van der Waals surface area contributed by atoms with Gasteiger partial charge in [0.25, 0.3) is 0 Å². The molecule has 170 valence electrons. The first-order valence-corrected chi connectivity index (χ1v) is 12.1. The lowest BCUT2D eigenvalue weighted by atomic mass is 9.98. The Balaban J connectivity index is 1.28. The van der Waals surface area contributed by atoms with E-state index in [1.165, 1.54) is 11.8 Å². The fraction of sp³-hybridized carbons (Fsp3) is 0.522. The molecule has 8 nitrogen and oxygen atoms in total. The number of thioether (sulfide) groups is 1. The number of hydrogen-bond acceptors (Lipinski definition) is 7. The molecule has 0 spiro atoms. The molecule has 0 aromatic carbocycles. The first-order valence-electron chi connectivity index (χ1n) is 11.1. The molecule has 2 saturated heterocycles. The van der Waals surface area contributed by atoms with Gasteiger partial charge in [-0.2, -0.15) is 0 Å². The molecule has 2 fully saturated rings. The lowest BCUT2D eigenvalue weighted by Gasteiger charge is -2.38. The van der Waals surface area contributed by atoms with Crippen molar-refractivity contribution in [3.63, 3.8) is 0 Å². The van der Waals surface area contributed by atoms with E-state index in [2.05, 4.69) is 28.8 Å². The molecule has 1 unspecified atom stereocenters. The Morgan fingerprint density at radius 2 is 1.97 bits per heavy atom. The highest BCUT2D eigenvalue weighted by molar-refractivity contribution is 7.99. The molecule has 4 heterocycles. The average molecular weight is 456 g/mol. The summed E-state index contributed by atoms with van der Waals surface area (Å²) in [4.78, 5) is 42.0. The molecular weight excluding hydrogens is 426 g/mol. The number of piperidine rings is 1. The van der Waals surface area contributed by atoms with E-state index in [-0.39, 0.29) is 29.8 Å². The van der Waals surface area contributed by atoms with Crippen LogP contribution in [0.5, 0.6) is 0 Å². The second-order valence-corrected chi connectivity index (χ2v) is 9.55. The molecule has 2 aromatic rings. The van der Waals surface area contributed by atoms with E-state index in [1.54, 1.807) is 12.4 Å². The number of rotatable bonds is 7. The molecule has 2 aliphatic rings. The Bertz CT molecular complexity index is 934. The van der Waals surface area contributed by atoms with Crippen LogP contribution in [0, 0.1) is 5.92 Å². The van der Waals surface area contributed by atoms with Gasteiger partial charge in [-0.05, 0) is 43.4 Å². The van der Waals surface area contributed by atoms with Gasteiger partial charge in [-0.1, -0.05) is 31.7 Å². The highest BCUT2D eigenvalue weighted by Gasteiger charge is 2.39. The molecule has 2 amide bonds. The lowest BCUT2D eigenvalue weighted by Crippen LogP contribution is -2.50. The van der Waals surface area contributed by atoms with Gasteiger partial charge in [0.05, 0.1) is 23.2 Å². The van der Waals surface area contributed by atoms with Crippen LogP contribution in [-0.4, -0.2) is 74.3 Å². The number of amides is 2. The van der Waals surface area contributed by atoms with E-state index in [4.69, 9.17) is 4.74 Å². The zero-order valence-electron chi connectivity index (χ0n) is 18.5. The number of pyridine rings is 1. The number of carbonyl (C=O) groups is 2. The van der Waals surface area contributed by atoms with Crippen molar-refractivity contribution in [2.24, 2.45) is 5.92 Å². The molecule has 0 N–H and O–H groups in total. The summed E-state index contributed by atoms with van der Waals surface area (Å²) in [6, 6.07) is 7.78. The molecule has 32 heavy (non-hydrogen) atoms. The van der Waals surface area contributed by atoms with E-state index in [0.717, 1.165) is 30.7 Å². The van der Waals surface area contributed by atoms with Gasteiger partial charge < -0.3 is 9.64 Å². The van der Waals surface area contributed by atoms with Gasteiger partial charge in [-0.3, -0.25) is 14.7 Å². The van der Waals surface area contributed by atoms with E-state index < -0.39 is 0 Å². The van der Waals surface area contributed by atoms with Crippen molar-refractivity contribution in [3.05, 3.63) is 36.7 Å². The summed E-state index contributed by atoms with van der Waals surface area (Å²) in [5.41, 5.74) is 1.52. The summed E-state index contributed by atoms with van der Waals surface area (Å²) in [7, 11) is 0. The monoisotopic (exact) mass is 455 g/mol. The maximum atomic E-state index is 12.8. The number of hydrogen-bond donors (Lipinski definition) is 0. The quantitative estimate of drug-likeness (QED) is 0.466. The maximum absolute atomic E-state index is 12.8. The highest BCUT2D eigenvalue weighted by atomic mass is 32.2. The molecule has 2 aromatic heterocycles. The molecular formula is C23H29N5O3S. The van der Waals surface area contributed by atoms with E-state index in [0.29, 0.717) is 30.8 Å². The minimum atomic E-state index is -0.207. The summed E-state index contributed by atoms with van der Waals surface area (Å²) < 4.78 is 5.32. The highest BCUT2D eigenvalue weighted by Crippen LogP contribution is 2.27. The van der Waals surface area contributed by atoms with E-state index >= 15 is 0 Å². The molecule has 0 radical (unpaired) electrons. The van der Waals surface area contributed by atoms with Crippen LogP contribution in [0.25, 0.3) is 11.4 Å². The normalized spacial score (nSPS) is 19.5. The van der Waals surface area contributed by atoms with Crippen molar-refractivity contribution in [1.29, 1.82) is 0 Å². The van der Waals surface area contributed by atoms with Crippen LogP contribution in [0.4, 0.5) is 4.79 Å². The summed E-state index contributed by atoms with van der Waals surface area (Å²) in [6.07, 6.45) is 5.72. The minimum absolute atomic E-state index is 0.0722. The summed E-state index contributed by atoms with van der Waals surface area (Å²) >= 11 is 1.34. The molecule has 0 saturated carbocycles. The molecule has 0 bridgehead atoms. The number of cyclic esters (lactones) is 1. The largest absolute Gasteiger partial charge is 0.447 e. The average Bonchev–Trinajstić information content (AvgIpc) is 3.17. The molecule has 0 aliphatic carbocycles. The van der Waals surface area contributed by atoms with Crippen LogP contribution >= 0.6 is 11.8 Å².